The SMILES string of the molecule is CCOc1cccc(-c2nc(C(=O)NCCN(C)C)cs2)c1. The number of carbonyl (C=O) groups excluding carboxylic acids is 1. The summed E-state index contributed by atoms with van der Waals surface area (Å²) in [7, 11) is 3.94. The first-order valence-corrected chi connectivity index (χ1v) is 8.09. The number of aromatic nitrogens is 1. The van der Waals surface area contributed by atoms with Gasteiger partial charge in [-0.05, 0) is 33.2 Å². The molecule has 1 heterocycles. The van der Waals surface area contributed by atoms with Crippen molar-refractivity contribution < 1.29 is 9.53 Å². The van der Waals surface area contributed by atoms with E-state index in [4.69, 9.17) is 4.74 Å². The van der Waals surface area contributed by atoms with Crippen LogP contribution < -0.4 is 10.1 Å². The lowest BCUT2D eigenvalue weighted by molar-refractivity contribution is 0.0947. The molecule has 0 spiro atoms. The molecule has 0 atom stereocenters. The zero-order valence-electron chi connectivity index (χ0n) is 13.1. The molecule has 1 amide bonds. The molecule has 0 aliphatic rings. The molecule has 5 nitrogen and oxygen atoms in total. The molecule has 0 radical (unpaired) electrons. The third-order valence-corrected chi connectivity index (χ3v) is 3.86. The highest BCUT2D eigenvalue weighted by Crippen LogP contribution is 2.26. The normalized spacial score (nSPS) is 10.7. The number of rotatable bonds is 7. The molecule has 0 saturated carbocycles. The smallest absolute Gasteiger partial charge is 0.270 e. The second-order valence-corrected chi connectivity index (χ2v) is 5.92. The van der Waals surface area contributed by atoms with Crippen LogP contribution in [0.1, 0.15) is 17.4 Å². The quantitative estimate of drug-likeness (QED) is 0.852. The molecule has 0 fully saturated rings. The maximum absolute atomic E-state index is 12.0. The molecule has 0 bridgehead atoms. The van der Waals surface area contributed by atoms with E-state index in [1.54, 1.807) is 5.38 Å². The molecular weight excluding hydrogens is 298 g/mol. The summed E-state index contributed by atoms with van der Waals surface area (Å²) in [5, 5.41) is 5.47. The zero-order chi connectivity index (χ0) is 15.9. The van der Waals surface area contributed by atoms with Crippen LogP contribution in [-0.4, -0.2) is 49.6 Å². The van der Waals surface area contributed by atoms with Crippen LogP contribution in [0.3, 0.4) is 0 Å². The molecule has 118 valence electrons. The molecule has 2 aromatic rings. The minimum absolute atomic E-state index is 0.134. The third-order valence-electron chi connectivity index (χ3n) is 2.97. The Kier molecular flexibility index (Phi) is 5.91. The Morgan fingerprint density at radius 3 is 2.95 bits per heavy atom. The van der Waals surface area contributed by atoms with Crippen LogP contribution in [0.15, 0.2) is 29.6 Å². The second kappa shape index (κ2) is 7.91. The molecule has 1 N–H and O–H groups in total. The summed E-state index contributed by atoms with van der Waals surface area (Å²) in [6.07, 6.45) is 0. The highest BCUT2D eigenvalue weighted by Gasteiger charge is 2.12. The number of carbonyl (C=O) groups is 1. The Bertz CT molecular complexity index is 625. The molecular formula is C16H21N3O2S. The fourth-order valence-electron chi connectivity index (χ4n) is 1.88. The standard InChI is InChI=1S/C16H21N3O2S/c1-4-21-13-7-5-6-12(10-13)16-18-14(11-22-16)15(20)17-8-9-19(2)3/h5-7,10-11H,4,8-9H2,1-3H3,(H,17,20). The minimum atomic E-state index is -0.134. The van der Waals surface area contributed by atoms with Crippen LogP contribution in [0, 0.1) is 0 Å². The minimum Gasteiger partial charge on any atom is -0.494 e. The van der Waals surface area contributed by atoms with Gasteiger partial charge >= 0.3 is 0 Å². The first-order chi connectivity index (χ1) is 10.6. The lowest BCUT2D eigenvalue weighted by Crippen LogP contribution is -2.31. The predicted molar refractivity (Wildman–Crippen MR) is 89.6 cm³/mol. The Morgan fingerprint density at radius 1 is 1.41 bits per heavy atom. The molecule has 0 aliphatic carbocycles. The van der Waals surface area contributed by atoms with Crippen molar-refractivity contribution in [1.82, 2.24) is 15.2 Å². The number of ether oxygens (including phenoxy) is 1. The lowest BCUT2D eigenvalue weighted by Gasteiger charge is -2.09. The van der Waals surface area contributed by atoms with Gasteiger partial charge in [-0.3, -0.25) is 4.79 Å². The monoisotopic (exact) mass is 319 g/mol. The van der Waals surface area contributed by atoms with Crippen LogP contribution in [0.4, 0.5) is 0 Å². The third kappa shape index (κ3) is 4.54. The number of nitrogens with one attached hydrogen (secondary N) is 1. The van der Waals surface area contributed by atoms with Crippen molar-refractivity contribution >= 4 is 17.2 Å². The first-order valence-electron chi connectivity index (χ1n) is 7.22. The first kappa shape index (κ1) is 16.5. The van der Waals surface area contributed by atoms with Crippen molar-refractivity contribution in [3.05, 3.63) is 35.3 Å². The van der Waals surface area contributed by atoms with Gasteiger partial charge in [-0.25, -0.2) is 4.98 Å². The number of benzene rings is 1. The highest BCUT2D eigenvalue weighted by atomic mass is 32.1. The van der Waals surface area contributed by atoms with Crippen LogP contribution in [0.2, 0.25) is 0 Å². The maximum Gasteiger partial charge on any atom is 0.270 e. The Balaban J connectivity index is 2.04. The van der Waals surface area contributed by atoms with E-state index in [1.807, 2.05) is 50.2 Å². The molecule has 22 heavy (non-hydrogen) atoms. The summed E-state index contributed by atoms with van der Waals surface area (Å²) in [5.41, 5.74) is 1.42. The van der Waals surface area contributed by atoms with E-state index in [1.165, 1.54) is 11.3 Å². The Labute approximate surface area is 134 Å². The average molecular weight is 319 g/mol. The largest absolute Gasteiger partial charge is 0.494 e. The van der Waals surface area contributed by atoms with Crippen molar-refractivity contribution in [3.63, 3.8) is 0 Å². The van der Waals surface area contributed by atoms with Crippen LogP contribution >= 0.6 is 11.3 Å². The van der Waals surface area contributed by atoms with Gasteiger partial charge in [0.15, 0.2) is 0 Å². The van der Waals surface area contributed by atoms with Crippen molar-refractivity contribution in [2.75, 3.05) is 33.8 Å². The molecule has 0 saturated heterocycles. The summed E-state index contributed by atoms with van der Waals surface area (Å²) in [5.74, 6) is 0.678. The number of hydrogen-bond acceptors (Lipinski definition) is 5. The summed E-state index contributed by atoms with van der Waals surface area (Å²) in [6, 6.07) is 7.75. The summed E-state index contributed by atoms with van der Waals surface area (Å²) in [6.45, 7) is 3.99. The topological polar surface area (TPSA) is 54.5 Å². The van der Waals surface area contributed by atoms with E-state index in [0.717, 1.165) is 22.9 Å². The van der Waals surface area contributed by atoms with Gasteiger partial charge in [0.25, 0.3) is 5.91 Å². The summed E-state index contributed by atoms with van der Waals surface area (Å²) in [4.78, 5) is 18.5. The van der Waals surface area contributed by atoms with E-state index >= 15 is 0 Å². The molecule has 6 heteroatoms. The van der Waals surface area contributed by atoms with Gasteiger partial charge in [0.05, 0.1) is 6.61 Å². The van der Waals surface area contributed by atoms with Crippen molar-refractivity contribution in [2.45, 2.75) is 6.92 Å². The fourth-order valence-corrected chi connectivity index (χ4v) is 2.68. The number of hydrogen-bond donors (Lipinski definition) is 1. The Morgan fingerprint density at radius 2 is 2.23 bits per heavy atom. The molecule has 2 rings (SSSR count). The number of thiazole rings is 1. The maximum atomic E-state index is 12.0. The fraction of sp³-hybridized carbons (Fsp3) is 0.375. The predicted octanol–water partition coefficient (Wildman–Crippen LogP) is 2.50. The Hall–Kier alpha value is -1.92. The van der Waals surface area contributed by atoms with Gasteiger partial charge in [-0.15, -0.1) is 11.3 Å². The van der Waals surface area contributed by atoms with E-state index in [0.29, 0.717) is 18.8 Å². The van der Waals surface area contributed by atoms with Crippen LogP contribution in [0.25, 0.3) is 10.6 Å². The van der Waals surface area contributed by atoms with Gasteiger partial charge < -0.3 is 15.0 Å². The summed E-state index contributed by atoms with van der Waals surface area (Å²) < 4.78 is 5.49. The van der Waals surface area contributed by atoms with Crippen molar-refractivity contribution in [2.24, 2.45) is 0 Å². The zero-order valence-corrected chi connectivity index (χ0v) is 13.9. The van der Waals surface area contributed by atoms with Gasteiger partial charge in [0.2, 0.25) is 0 Å². The molecule has 0 unspecified atom stereocenters. The molecule has 1 aromatic heterocycles. The lowest BCUT2D eigenvalue weighted by atomic mass is 10.2. The molecule has 0 aliphatic heterocycles. The molecule has 1 aromatic carbocycles. The van der Waals surface area contributed by atoms with Crippen molar-refractivity contribution in [1.29, 1.82) is 0 Å². The van der Waals surface area contributed by atoms with Crippen LogP contribution in [0.5, 0.6) is 5.75 Å². The second-order valence-electron chi connectivity index (χ2n) is 5.06. The van der Waals surface area contributed by atoms with E-state index in [-0.39, 0.29) is 5.91 Å². The van der Waals surface area contributed by atoms with Gasteiger partial charge in [0.1, 0.15) is 16.5 Å². The van der Waals surface area contributed by atoms with Gasteiger partial charge in [-0.1, -0.05) is 12.1 Å². The van der Waals surface area contributed by atoms with Gasteiger partial charge in [-0.2, -0.15) is 0 Å². The van der Waals surface area contributed by atoms with E-state index in [9.17, 15) is 4.79 Å². The van der Waals surface area contributed by atoms with E-state index < -0.39 is 0 Å². The van der Waals surface area contributed by atoms with Gasteiger partial charge in [0, 0.05) is 24.0 Å². The number of nitrogens with zero attached hydrogens (tertiary/aromatic N) is 2. The average Bonchev–Trinajstić information content (AvgIpc) is 2.97. The van der Waals surface area contributed by atoms with Crippen molar-refractivity contribution in [3.8, 4) is 16.3 Å². The van der Waals surface area contributed by atoms with Crippen LogP contribution in [-0.2, 0) is 0 Å². The highest BCUT2D eigenvalue weighted by molar-refractivity contribution is 7.13. The summed E-state index contributed by atoms with van der Waals surface area (Å²) >= 11 is 1.46. The number of likely N-dealkylation sites (N-methyl/N-ethyl adjacent to an activating group) is 1. The van der Waals surface area contributed by atoms with E-state index in [2.05, 4.69) is 10.3 Å². The number of amides is 1.